The predicted octanol–water partition coefficient (Wildman–Crippen LogP) is 4.60. The molecule has 1 atom stereocenters. The lowest BCUT2D eigenvalue weighted by Crippen LogP contribution is -2.52. The van der Waals surface area contributed by atoms with Gasteiger partial charge in [0.2, 0.25) is 10.8 Å². The largest absolute Gasteiger partial charge is 0.295 e. The number of amides is 2. The van der Waals surface area contributed by atoms with Gasteiger partial charge in [0, 0.05) is 24.3 Å². The lowest BCUT2D eigenvalue weighted by Gasteiger charge is -2.35. The molecule has 2 amide bonds. The fourth-order valence-corrected chi connectivity index (χ4v) is 7.01. The Balaban J connectivity index is 1.40. The van der Waals surface area contributed by atoms with Gasteiger partial charge in [-0.3, -0.25) is 24.3 Å². The van der Waals surface area contributed by atoms with Crippen LogP contribution in [-0.4, -0.2) is 35.7 Å². The number of aryl methyl sites for hydroxylation is 2. The van der Waals surface area contributed by atoms with E-state index in [0.29, 0.717) is 6.67 Å². The number of benzene rings is 3. The molecule has 0 N–H and O–H groups in total. The van der Waals surface area contributed by atoms with Crippen LogP contribution in [0.1, 0.15) is 27.8 Å². The first-order valence-corrected chi connectivity index (χ1v) is 12.7. The zero-order valence-electron chi connectivity index (χ0n) is 19.5. The molecule has 6 rings (SSSR count). The Bertz CT molecular complexity index is 1300. The van der Waals surface area contributed by atoms with Crippen molar-refractivity contribution < 1.29 is 9.59 Å². The Hall–Kier alpha value is -3.09. The molecule has 172 valence electrons. The van der Waals surface area contributed by atoms with E-state index < -0.39 is 4.87 Å². The number of carbonyl (C=O) groups excluding carboxylic acids is 2. The minimum absolute atomic E-state index is 0.0214. The van der Waals surface area contributed by atoms with Gasteiger partial charge in [0.05, 0.1) is 18.1 Å². The highest BCUT2D eigenvalue weighted by molar-refractivity contribution is 8.02. The van der Waals surface area contributed by atoms with Gasteiger partial charge in [-0.05, 0) is 60.7 Å². The van der Waals surface area contributed by atoms with Crippen LogP contribution in [-0.2, 0) is 27.4 Å². The second-order valence-corrected chi connectivity index (χ2v) is 10.6. The van der Waals surface area contributed by atoms with Crippen LogP contribution in [0.4, 0.5) is 11.4 Å². The van der Waals surface area contributed by atoms with E-state index in [9.17, 15) is 9.59 Å². The molecule has 3 aromatic carbocycles. The van der Waals surface area contributed by atoms with Crippen molar-refractivity contribution in [2.24, 2.45) is 0 Å². The monoisotopic (exact) mass is 469 g/mol. The van der Waals surface area contributed by atoms with Crippen molar-refractivity contribution in [1.29, 1.82) is 0 Å². The van der Waals surface area contributed by atoms with Crippen molar-refractivity contribution >= 4 is 35.0 Å². The molecule has 6 heteroatoms. The Morgan fingerprint density at radius 1 is 0.912 bits per heavy atom. The van der Waals surface area contributed by atoms with E-state index in [0.717, 1.165) is 47.6 Å². The van der Waals surface area contributed by atoms with Crippen molar-refractivity contribution in [3.05, 3.63) is 94.5 Å². The van der Waals surface area contributed by atoms with Gasteiger partial charge in [-0.15, -0.1) is 11.8 Å². The average Bonchev–Trinajstić information content (AvgIpc) is 3.29. The summed E-state index contributed by atoms with van der Waals surface area (Å²) in [7, 11) is 0. The SMILES string of the molecule is Cc1cc(C)cc(N2C(=O)CS[C@@]23C(=O)N(CN2CCc4ccccc4C2)c2ccccc23)c1. The number of para-hydroxylation sites is 1. The molecule has 0 radical (unpaired) electrons. The molecule has 0 aliphatic carbocycles. The van der Waals surface area contributed by atoms with Gasteiger partial charge in [0.15, 0.2) is 0 Å². The summed E-state index contributed by atoms with van der Waals surface area (Å²) in [6.07, 6.45) is 0.979. The first-order chi connectivity index (χ1) is 16.5. The van der Waals surface area contributed by atoms with Gasteiger partial charge >= 0.3 is 0 Å². The van der Waals surface area contributed by atoms with Crippen molar-refractivity contribution in [2.45, 2.75) is 31.7 Å². The molecule has 3 heterocycles. The van der Waals surface area contributed by atoms with E-state index in [1.165, 1.54) is 22.9 Å². The van der Waals surface area contributed by atoms with E-state index in [2.05, 4.69) is 35.2 Å². The summed E-state index contributed by atoms with van der Waals surface area (Å²) in [6, 6.07) is 22.6. The number of nitrogens with zero attached hydrogens (tertiary/aromatic N) is 3. The quantitative estimate of drug-likeness (QED) is 0.563. The van der Waals surface area contributed by atoms with Crippen LogP contribution < -0.4 is 9.80 Å². The van der Waals surface area contributed by atoms with Gasteiger partial charge in [-0.1, -0.05) is 48.5 Å². The topological polar surface area (TPSA) is 43.9 Å². The van der Waals surface area contributed by atoms with Crippen LogP contribution in [0.2, 0.25) is 0 Å². The highest BCUT2D eigenvalue weighted by Gasteiger charge is 2.61. The second-order valence-electron chi connectivity index (χ2n) is 9.47. The lowest BCUT2D eigenvalue weighted by molar-refractivity contribution is -0.124. The van der Waals surface area contributed by atoms with Crippen LogP contribution in [0.3, 0.4) is 0 Å². The van der Waals surface area contributed by atoms with E-state index in [1.807, 2.05) is 55.1 Å². The van der Waals surface area contributed by atoms with Gasteiger partial charge in [-0.2, -0.15) is 0 Å². The Morgan fingerprint density at radius 3 is 2.41 bits per heavy atom. The lowest BCUT2D eigenvalue weighted by atomic mass is 10.0. The van der Waals surface area contributed by atoms with E-state index in [-0.39, 0.29) is 17.6 Å². The van der Waals surface area contributed by atoms with Crippen molar-refractivity contribution in [3.63, 3.8) is 0 Å². The predicted molar refractivity (Wildman–Crippen MR) is 137 cm³/mol. The van der Waals surface area contributed by atoms with Gasteiger partial charge in [0.25, 0.3) is 5.91 Å². The molecule has 3 aliphatic rings. The fraction of sp³-hybridized carbons (Fsp3) is 0.286. The second kappa shape index (κ2) is 8.00. The molecule has 34 heavy (non-hydrogen) atoms. The van der Waals surface area contributed by atoms with E-state index >= 15 is 0 Å². The molecular weight excluding hydrogens is 442 g/mol. The highest BCUT2D eigenvalue weighted by atomic mass is 32.2. The van der Waals surface area contributed by atoms with E-state index in [1.54, 1.807) is 4.90 Å². The summed E-state index contributed by atoms with van der Waals surface area (Å²) in [6.45, 7) is 6.30. The molecule has 1 saturated heterocycles. The Kier molecular flexibility index (Phi) is 5.04. The summed E-state index contributed by atoms with van der Waals surface area (Å²) >= 11 is 1.45. The van der Waals surface area contributed by atoms with Crippen LogP contribution in [0, 0.1) is 13.8 Å². The average molecular weight is 470 g/mol. The smallest absolute Gasteiger partial charge is 0.269 e. The van der Waals surface area contributed by atoms with E-state index in [4.69, 9.17) is 0 Å². The Labute approximate surface area is 204 Å². The summed E-state index contributed by atoms with van der Waals surface area (Å²) in [5.74, 6) is 0.243. The molecule has 3 aliphatic heterocycles. The maximum Gasteiger partial charge on any atom is 0.269 e. The minimum atomic E-state index is -1.05. The van der Waals surface area contributed by atoms with Gasteiger partial charge in [0.1, 0.15) is 0 Å². The third kappa shape index (κ3) is 3.20. The molecule has 1 spiro atoms. The van der Waals surface area contributed by atoms with Crippen LogP contribution >= 0.6 is 11.8 Å². The molecule has 0 aromatic heterocycles. The first kappa shape index (κ1) is 21.4. The third-order valence-corrected chi connectivity index (χ3v) is 8.47. The first-order valence-electron chi connectivity index (χ1n) is 11.7. The number of thioether (sulfide) groups is 1. The Morgan fingerprint density at radius 2 is 1.62 bits per heavy atom. The number of fused-ring (bicyclic) bond motifs is 3. The van der Waals surface area contributed by atoms with Crippen LogP contribution in [0.15, 0.2) is 66.7 Å². The number of anilines is 2. The van der Waals surface area contributed by atoms with Crippen molar-refractivity contribution in [3.8, 4) is 0 Å². The normalized spacial score (nSPS) is 21.9. The number of hydrogen-bond acceptors (Lipinski definition) is 4. The van der Waals surface area contributed by atoms with Crippen LogP contribution in [0.25, 0.3) is 0 Å². The molecule has 0 unspecified atom stereocenters. The van der Waals surface area contributed by atoms with Gasteiger partial charge in [-0.25, -0.2) is 0 Å². The maximum absolute atomic E-state index is 14.3. The zero-order chi connectivity index (χ0) is 23.4. The summed E-state index contributed by atoms with van der Waals surface area (Å²) < 4.78 is 0. The maximum atomic E-state index is 14.3. The minimum Gasteiger partial charge on any atom is -0.295 e. The zero-order valence-corrected chi connectivity index (χ0v) is 20.3. The highest BCUT2D eigenvalue weighted by Crippen LogP contribution is 2.55. The molecule has 0 bridgehead atoms. The standard InChI is InChI=1S/C28H27N3O2S/c1-19-13-20(2)15-23(14-19)31-26(32)17-34-28(31)24-9-5-6-10-25(24)30(27(28)33)18-29-12-11-21-7-3-4-8-22(21)16-29/h3-10,13-15H,11-12,16-18H2,1-2H3/t28-/m0/s1. The summed E-state index contributed by atoms with van der Waals surface area (Å²) in [4.78, 5) is 32.5. The molecular formula is C28H27N3O2S. The number of rotatable bonds is 3. The molecule has 3 aromatic rings. The summed E-state index contributed by atoms with van der Waals surface area (Å²) in [5.41, 5.74) is 7.49. The van der Waals surface area contributed by atoms with Crippen LogP contribution in [0.5, 0.6) is 0 Å². The molecule has 0 saturated carbocycles. The van der Waals surface area contributed by atoms with Crippen molar-refractivity contribution in [1.82, 2.24) is 4.90 Å². The van der Waals surface area contributed by atoms with Crippen molar-refractivity contribution in [2.75, 3.05) is 28.8 Å². The number of hydrogen-bond donors (Lipinski definition) is 0. The fourth-order valence-electron chi connectivity index (χ4n) is 5.65. The third-order valence-electron chi connectivity index (χ3n) is 7.08. The number of carbonyl (C=O) groups is 2. The molecule has 5 nitrogen and oxygen atoms in total. The summed E-state index contributed by atoms with van der Waals surface area (Å²) in [5, 5.41) is 0. The molecule has 1 fully saturated rings. The van der Waals surface area contributed by atoms with Gasteiger partial charge < -0.3 is 0 Å².